The van der Waals surface area contributed by atoms with Crippen molar-refractivity contribution in [2.75, 3.05) is 0 Å². The maximum Gasteiger partial charge on any atom is 0.416 e. The molecule has 6 aromatic rings. The quantitative estimate of drug-likeness (QED) is 0.0627. The van der Waals surface area contributed by atoms with E-state index in [1.807, 2.05) is 26.0 Å². The largest absolute Gasteiger partial charge is 0.491 e. The summed E-state index contributed by atoms with van der Waals surface area (Å²) < 4.78 is 348. The number of carbonyl (C=O) groups excluding carboxylic acids is 1. The van der Waals surface area contributed by atoms with Gasteiger partial charge in [0, 0.05) is 5.56 Å². The first-order valence-corrected chi connectivity index (χ1v) is 20.9. The predicted molar refractivity (Wildman–Crippen MR) is 221 cm³/mol. The normalized spacial score (nSPS) is 13.4. The lowest BCUT2D eigenvalue weighted by Gasteiger charge is -2.46. The maximum atomic E-state index is 14.2. The van der Waals surface area contributed by atoms with E-state index in [9.17, 15) is 110 Å². The minimum absolute atomic E-state index is 0.0623. The van der Waals surface area contributed by atoms with Crippen LogP contribution in [-0.2, 0) is 56.0 Å². The lowest BCUT2D eigenvalue weighted by Crippen LogP contribution is -2.75. The summed E-state index contributed by atoms with van der Waals surface area (Å²) in [6, 6.07) is -1.58. The van der Waals surface area contributed by atoms with Crippen LogP contribution in [0.1, 0.15) is 68.7 Å². The van der Waals surface area contributed by atoms with E-state index < -0.39 is 195 Å². The van der Waals surface area contributed by atoms with E-state index in [1.54, 1.807) is 41.5 Å². The molecule has 1 aromatic heterocycles. The number of benzene rings is 5. The van der Waals surface area contributed by atoms with E-state index in [2.05, 4.69) is 4.98 Å². The third-order valence-electron chi connectivity index (χ3n) is 11.0. The molecular weight excluding hydrogens is 1090 g/mol. The molecule has 1 heterocycles. The molecular formula is C47H29BF24N2O2. The first-order valence-electron chi connectivity index (χ1n) is 20.9. The molecule has 0 aliphatic rings. The second kappa shape index (κ2) is 20.9. The Bertz CT molecular complexity index is 2590. The Balaban J connectivity index is 0.000000468. The molecule has 5 aromatic carbocycles. The van der Waals surface area contributed by atoms with Gasteiger partial charge in [-0.15, -0.1) is 0 Å². The Kier molecular flexibility index (Phi) is 16.5. The maximum absolute atomic E-state index is 14.2. The van der Waals surface area contributed by atoms with Crippen molar-refractivity contribution < 1.29 is 119 Å². The molecule has 0 N–H and O–H groups in total. The Morgan fingerprint density at radius 3 is 0.868 bits per heavy atom. The van der Waals surface area contributed by atoms with Crippen LogP contribution in [0.3, 0.4) is 0 Å². The summed E-state index contributed by atoms with van der Waals surface area (Å²) in [5.74, 6) is 0.843. The summed E-state index contributed by atoms with van der Waals surface area (Å²) in [5.41, 5.74) is -29.5. The number of ketones is 1. The Morgan fingerprint density at radius 2 is 0.658 bits per heavy atom. The molecule has 0 aliphatic carbocycles. The average Bonchev–Trinajstić information content (AvgIpc) is 3.27. The monoisotopic (exact) mass is 1120 g/mol. The zero-order valence-corrected chi connectivity index (χ0v) is 37.7. The lowest BCUT2D eigenvalue weighted by molar-refractivity contribution is -0.683. The van der Waals surface area contributed by atoms with Crippen molar-refractivity contribution in [2.24, 2.45) is 0 Å². The third kappa shape index (κ3) is 14.3. The van der Waals surface area contributed by atoms with Crippen LogP contribution in [0.15, 0.2) is 122 Å². The molecule has 0 atom stereocenters. The Labute approximate surface area is 411 Å². The van der Waals surface area contributed by atoms with E-state index in [-0.39, 0.29) is 11.9 Å². The van der Waals surface area contributed by atoms with Crippen molar-refractivity contribution in [3.05, 3.63) is 172 Å². The zero-order chi connectivity index (χ0) is 57.6. The number of carbonyl (C=O) groups is 1. The number of hydrogen-bond donors (Lipinski definition) is 0. The van der Waals surface area contributed by atoms with E-state index >= 15 is 0 Å². The van der Waals surface area contributed by atoms with E-state index in [0.29, 0.717) is 12.1 Å². The number of hydrogen-bond acceptors (Lipinski definition) is 3. The van der Waals surface area contributed by atoms with Gasteiger partial charge in [0.25, 0.3) is 0 Å². The molecule has 0 amide bonds. The number of ether oxygens (including phenoxy) is 1. The summed E-state index contributed by atoms with van der Waals surface area (Å²) >= 11 is 0. The zero-order valence-electron chi connectivity index (χ0n) is 37.7. The highest BCUT2D eigenvalue weighted by Gasteiger charge is 2.47. The molecule has 0 aliphatic heterocycles. The second-order valence-corrected chi connectivity index (χ2v) is 16.8. The summed E-state index contributed by atoms with van der Waals surface area (Å²) in [4.78, 5) is 16.0. The average molecular weight is 1120 g/mol. The van der Waals surface area contributed by atoms with Crippen molar-refractivity contribution >= 4 is 33.8 Å². The molecule has 6 rings (SSSR count). The molecule has 0 spiro atoms. The van der Waals surface area contributed by atoms with Crippen LogP contribution in [0.5, 0.6) is 5.75 Å². The van der Waals surface area contributed by atoms with Crippen molar-refractivity contribution in [1.82, 2.24) is 4.98 Å². The minimum Gasteiger partial charge on any atom is -0.491 e. The molecule has 0 unspecified atom stereocenters. The number of halogens is 24. The number of nitrogens with zero attached hydrogens (tertiary/aromatic N) is 2. The second-order valence-electron chi connectivity index (χ2n) is 16.8. The van der Waals surface area contributed by atoms with Crippen LogP contribution in [-0.4, -0.2) is 23.0 Å². The number of rotatable bonds is 9. The summed E-state index contributed by atoms with van der Waals surface area (Å²) in [5, 5.41) is 0. The number of Topliss-reactive ketones (excluding diaryl/α,β-unsaturated/α-hetero) is 1. The van der Waals surface area contributed by atoms with Gasteiger partial charge in [-0.05, 0) is 62.4 Å². The highest BCUT2D eigenvalue weighted by atomic mass is 19.4. The molecule has 0 saturated carbocycles. The van der Waals surface area contributed by atoms with Gasteiger partial charge in [0.15, 0.2) is 12.4 Å². The predicted octanol–water partition coefficient (Wildman–Crippen LogP) is 13.3. The van der Waals surface area contributed by atoms with E-state index in [1.165, 1.54) is 0 Å². The van der Waals surface area contributed by atoms with Gasteiger partial charge in [0.2, 0.25) is 12.3 Å². The summed E-state index contributed by atoms with van der Waals surface area (Å²) in [6.07, 6.45) is -47.8. The van der Waals surface area contributed by atoms with Gasteiger partial charge in [-0.3, -0.25) is 9.78 Å². The third-order valence-corrected chi connectivity index (χ3v) is 11.0. The fraction of sp³-hybridized carbons (Fsp3) is 0.255. The summed E-state index contributed by atoms with van der Waals surface area (Å²) in [7, 11) is 0. The van der Waals surface area contributed by atoms with E-state index in [4.69, 9.17) is 4.74 Å². The number of aromatic nitrogens is 2. The van der Waals surface area contributed by atoms with E-state index in [0.717, 1.165) is 5.75 Å². The molecule has 0 saturated heterocycles. The molecule has 0 fully saturated rings. The van der Waals surface area contributed by atoms with Crippen LogP contribution in [0.25, 0.3) is 0 Å². The first kappa shape index (κ1) is 59.9. The van der Waals surface area contributed by atoms with Gasteiger partial charge in [-0.2, -0.15) is 132 Å². The molecule has 29 heteroatoms. The first-order chi connectivity index (χ1) is 34.4. The van der Waals surface area contributed by atoms with Gasteiger partial charge in [-0.1, -0.05) is 48.5 Å². The van der Waals surface area contributed by atoms with Crippen molar-refractivity contribution in [2.45, 2.75) is 75.9 Å². The fourth-order valence-electron chi connectivity index (χ4n) is 7.77. The standard InChI is InChI=1S/C32H12BF24.C15H17N2O2/c34-25(35,36)13-1-14(26(37,38)39)6-21(5-13)33(22-7-15(27(40,41)42)2-16(8-22)28(43,44)45,23-9-17(29(46,47)48)3-18(10-23)30(49,50)51)24-11-19(31(52,53)54)4-20(12-24)32(55,56)57;1-12(2)19-14-5-3-13(4-6-14)15(18)11-17-9-7-16-8-10-17/h1-12H;3-10,12H,11H2,1-2H3/q-1;+1. The van der Waals surface area contributed by atoms with Crippen LogP contribution < -0.4 is 31.2 Å². The van der Waals surface area contributed by atoms with Crippen LogP contribution in [0, 0.1) is 0 Å². The van der Waals surface area contributed by atoms with Gasteiger partial charge >= 0.3 is 49.4 Å². The Hall–Kier alpha value is -6.97. The molecule has 4 nitrogen and oxygen atoms in total. The minimum atomic E-state index is -6.13. The van der Waals surface area contributed by atoms with Crippen molar-refractivity contribution in [3.8, 4) is 5.75 Å². The summed E-state index contributed by atoms with van der Waals surface area (Å²) in [6.45, 7) is 4.26. The molecule has 0 bridgehead atoms. The van der Waals surface area contributed by atoms with Gasteiger partial charge < -0.3 is 4.74 Å². The highest BCUT2D eigenvalue weighted by molar-refractivity contribution is 7.20. The smallest absolute Gasteiger partial charge is 0.416 e. The molecule has 0 radical (unpaired) electrons. The highest BCUT2D eigenvalue weighted by Crippen LogP contribution is 2.41. The van der Waals surface area contributed by atoms with Gasteiger partial charge in [0.1, 0.15) is 11.9 Å². The van der Waals surface area contributed by atoms with Crippen molar-refractivity contribution in [3.63, 3.8) is 0 Å². The fourth-order valence-corrected chi connectivity index (χ4v) is 7.77. The Morgan fingerprint density at radius 1 is 0.421 bits per heavy atom. The van der Waals surface area contributed by atoms with Crippen LogP contribution >= 0.6 is 0 Å². The molecule has 76 heavy (non-hydrogen) atoms. The van der Waals surface area contributed by atoms with Crippen LogP contribution in [0.4, 0.5) is 105 Å². The van der Waals surface area contributed by atoms with Crippen LogP contribution in [0.2, 0.25) is 0 Å². The lowest BCUT2D eigenvalue weighted by atomic mass is 9.12. The molecule has 410 valence electrons. The topological polar surface area (TPSA) is 43.1 Å². The van der Waals surface area contributed by atoms with Gasteiger partial charge in [0.05, 0.1) is 63.0 Å². The van der Waals surface area contributed by atoms with Gasteiger partial charge in [-0.25, -0.2) is 0 Å². The van der Waals surface area contributed by atoms with Crippen molar-refractivity contribution in [1.29, 1.82) is 0 Å². The number of alkyl halides is 24. The SMILES string of the molecule is CC(C)Oc1ccc(C(=O)C[n+]2ccncc2)cc1.FC(F)(F)c1cc([B-](c2cc(C(F)(F)F)cc(C(F)(F)F)c2)(c2cc(C(F)(F)F)cc(C(F)(F)F)c2)c2cc(C(F)(F)F)cc(C(F)(F)F)c2)cc(C(F)(F)F)c1.